The fourth-order valence-electron chi connectivity index (χ4n) is 5.37. The first-order chi connectivity index (χ1) is 16.6. The number of halogens is 1. The highest BCUT2D eigenvalue weighted by molar-refractivity contribution is 9.10. The van der Waals surface area contributed by atoms with E-state index < -0.39 is 0 Å². The third kappa shape index (κ3) is 4.98. The Morgan fingerprint density at radius 2 is 1.79 bits per heavy atom. The maximum absolute atomic E-state index is 13.4. The zero-order valence-electron chi connectivity index (χ0n) is 19.5. The third-order valence-electron chi connectivity index (χ3n) is 7.25. The minimum atomic E-state index is -0.311. The highest BCUT2D eigenvalue weighted by Gasteiger charge is 2.41. The van der Waals surface area contributed by atoms with Crippen molar-refractivity contribution >= 4 is 39.2 Å². The SMILES string of the molecule is O=C1[C@H]2CCC(=O)N2Cc2cc(Br)ccc2N1CCCCCN1CCN(c2ccccn2)CC1. The summed E-state index contributed by atoms with van der Waals surface area (Å²) in [5.74, 6) is 1.24. The number of carbonyl (C=O) groups excluding carboxylic acids is 2. The summed E-state index contributed by atoms with van der Waals surface area (Å²) in [6.45, 7) is 6.48. The topological polar surface area (TPSA) is 60.0 Å². The molecule has 5 rings (SSSR count). The van der Waals surface area contributed by atoms with Crippen LogP contribution in [0.25, 0.3) is 0 Å². The first-order valence-electron chi connectivity index (χ1n) is 12.4. The number of benzene rings is 1. The molecular formula is C26H32BrN5O2. The molecule has 8 heteroatoms. The number of hydrogen-bond donors (Lipinski definition) is 0. The summed E-state index contributed by atoms with van der Waals surface area (Å²) in [5.41, 5.74) is 2.01. The summed E-state index contributed by atoms with van der Waals surface area (Å²) in [4.78, 5) is 38.8. The van der Waals surface area contributed by atoms with E-state index in [0.717, 1.165) is 73.5 Å². The Hall–Kier alpha value is -2.45. The van der Waals surface area contributed by atoms with Crippen molar-refractivity contribution in [1.29, 1.82) is 0 Å². The second kappa shape index (κ2) is 10.4. The van der Waals surface area contributed by atoms with Gasteiger partial charge in [0.05, 0.1) is 0 Å². The Kier molecular flexibility index (Phi) is 7.15. The summed E-state index contributed by atoms with van der Waals surface area (Å²) >= 11 is 3.55. The van der Waals surface area contributed by atoms with Crippen LogP contribution >= 0.6 is 15.9 Å². The minimum Gasteiger partial charge on any atom is -0.354 e. The van der Waals surface area contributed by atoms with Gasteiger partial charge >= 0.3 is 0 Å². The Bertz CT molecular complexity index is 1030. The summed E-state index contributed by atoms with van der Waals surface area (Å²) < 4.78 is 0.979. The first kappa shape index (κ1) is 23.3. The summed E-state index contributed by atoms with van der Waals surface area (Å²) in [7, 11) is 0. The Balaban J connectivity index is 1.12. The van der Waals surface area contributed by atoms with E-state index in [1.54, 1.807) is 4.90 Å². The van der Waals surface area contributed by atoms with Gasteiger partial charge in [-0.2, -0.15) is 0 Å². The van der Waals surface area contributed by atoms with Crippen LogP contribution in [-0.2, 0) is 16.1 Å². The molecule has 0 radical (unpaired) electrons. The molecule has 0 aliphatic carbocycles. The molecule has 34 heavy (non-hydrogen) atoms. The smallest absolute Gasteiger partial charge is 0.249 e. The van der Waals surface area contributed by atoms with Crippen LogP contribution in [0.2, 0.25) is 0 Å². The summed E-state index contributed by atoms with van der Waals surface area (Å²) in [6.07, 6.45) is 6.15. The van der Waals surface area contributed by atoms with E-state index in [0.29, 0.717) is 25.9 Å². The van der Waals surface area contributed by atoms with E-state index >= 15 is 0 Å². The highest BCUT2D eigenvalue weighted by atomic mass is 79.9. The lowest BCUT2D eigenvalue weighted by Gasteiger charge is -2.35. The number of hydrogen-bond acceptors (Lipinski definition) is 5. The zero-order chi connectivity index (χ0) is 23.5. The van der Waals surface area contributed by atoms with Crippen LogP contribution in [0.15, 0.2) is 47.1 Å². The molecule has 1 aromatic heterocycles. The van der Waals surface area contributed by atoms with E-state index in [9.17, 15) is 9.59 Å². The molecule has 1 aromatic carbocycles. The molecular weight excluding hydrogens is 494 g/mol. The normalized spacial score (nSPS) is 21.0. The number of pyridine rings is 1. The number of aromatic nitrogens is 1. The van der Waals surface area contributed by atoms with Gasteiger partial charge in [-0.3, -0.25) is 14.5 Å². The van der Waals surface area contributed by atoms with Gasteiger partial charge in [-0.05, 0) is 61.7 Å². The number of fused-ring (bicyclic) bond motifs is 2. The maximum atomic E-state index is 13.4. The van der Waals surface area contributed by atoms with Gasteiger partial charge in [0, 0.05) is 62.0 Å². The summed E-state index contributed by atoms with van der Waals surface area (Å²) in [6, 6.07) is 11.8. The lowest BCUT2D eigenvalue weighted by Crippen LogP contribution is -2.47. The molecule has 0 N–H and O–H groups in total. The van der Waals surface area contributed by atoms with Crippen LogP contribution in [0, 0.1) is 0 Å². The lowest BCUT2D eigenvalue weighted by atomic mass is 10.1. The number of piperazine rings is 1. The van der Waals surface area contributed by atoms with Crippen LogP contribution in [0.4, 0.5) is 11.5 Å². The van der Waals surface area contributed by atoms with Crippen molar-refractivity contribution in [1.82, 2.24) is 14.8 Å². The molecule has 0 bridgehead atoms. The lowest BCUT2D eigenvalue weighted by molar-refractivity contribution is -0.134. The van der Waals surface area contributed by atoms with Crippen LogP contribution in [0.3, 0.4) is 0 Å². The maximum Gasteiger partial charge on any atom is 0.249 e. The fourth-order valence-corrected chi connectivity index (χ4v) is 5.78. The Labute approximate surface area is 209 Å². The van der Waals surface area contributed by atoms with E-state index in [1.165, 1.54) is 0 Å². The average molecular weight is 526 g/mol. The van der Waals surface area contributed by atoms with Crippen molar-refractivity contribution in [3.05, 3.63) is 52.6 Å². The van der Waals surface area contributed by atoms with Crippen molar-refractivity contribution < 1.29 is 9.59 Å². The predicted molar refractivity (Wildman–Crippen MR) is 137 cm³/mol. The standard InChI is InChI=1S/C26H32BrN5O2/c27-21-7-8-22-20(18-21)19-32-23(9-10-25(32)33)26(34)31(22)13-5-1-4-12-29-14-16-30(17-15-29)24-6-2-3-11-28-24/h2-3,6-8,11,18,23H,1,4-5,9-10,12-17,19H2/t23-/m1/s1. The summed E-state index contributed by atoms with van der Waals surface area (Å²) in [5, 5.41) is 0. The highest BCUT2D eigenvalue weighted by Crippen LogP contribution is 2.34. The number of nitrogens with zero attached hydrogens (tertiary/aromatic N) is 5. The van der Waals surface area contributed by atoms with E-state index in [-0.39, 0.29) is 17.9 Å². The van der Waals surface area contributed by atoms with Crippen LogP contribution in [0.1, 0.15) is 37.7 Å². The molecule has 0 saturated carbocycles. The molecule has 3 aliphatic rings. The van der Waals surface area contributed by atoms with E-state index in [1.807, 2.05) is 41.4 Å². The van der Waals surface area contributed by atoms with Gasteiger partial charge < -0.3 is 14.7 Å². The second-order valence-corrected chi connectivity index (χ2v) is 10.3. The van der Waals surface area contributed by atoms with Gasteiger partial charge in [0.2, 0.25) is 11.8 Å². The van der Waals surface area contributed by atoms with Gasteiger partial charge in [0.15, 0.2) is 0 Å². The number of rotatable bonds is 7. The molecule has 0 spiro atoms. The monoisotopic (exact) mass is 525 g/mol. The quantitative estimate of drug-likeness (QED) is 0.516. The largest absolute Gasteiger partial charge is 0.354 e. The average Bonchev–Trinajstić information content (AvgIpc) is 3.17. The Morgan fingerprint density at radius 1 is 0.971 bits per heavy atom. The number of amides is 2. The molecule has 0 unspecified atom stereocenters. The molecule has 2 fully saturated rings. The van der Waals surface area contributed by atoms with Crippen molar-refractivity contribution in [2.75, 3.05) is 49.1 Å². The molecule has 4 heterocycles. The van der Waals surface area contributed by atoms with Crippen molar-refractivity contribution in [3.63, 3.8) is 0 Å². The van der Waals surface area contributed by atoms with Crippen molar-refractivity contribution in [2.24, 2.45) is 0 Å². The van der Waals surface area contributed by atoms with Crippen molar-refractivity contribution in [3.8, 4) is 0 Å². The Morgan fingerprint density at radius 3 is 2.59 bits per heavy atom. The van der Waals surface area contributed by atoms with Gasteiger partial charge in [-0.1, -0.05) is 28.4 Å². The molecule has 2 aromatic rings. The van der Waals surface area contributed by atoms with Gasteiger partial charge in [-0.25, -0.2) is 4.98 Å². The number of unbranched alkanes of at least 4 members (excludes halogenated alkanes) is 2. The third-order valence-corrected chi connectivity index (χ3v) is 7.75. The van der Waals surface area contributed by atoms with Crippen LogP contribution < -0.4 is 9.80 Å². The van der Waals surface area contributed by atoms with E-state index in [4.69, 9.17) is 0 Å². The van der Waals surface area contributed by atoms with Crippen molar-refractivity contribution in [2.45, 2.75) is 44.7 Å². The van der Waals surface area contributed by atoms with Gasteiger partial charge in [-0.15, -0.1) is 0 Å². The predicted octanol–water partition coefficient (Wildman–Crippen LogP) is 3.67. The van der Waals surface area contributed by atoms with Gasteiger partial charge in [0.25, 0.3) is 0 Å². The molecule has 7 nitrogen and oxygen atoms in total. The molecule has 2 amide bonds. The molecule has 1 atom stereocenters. The number of carbonyl (C=O) groups is 2. The molecule has 3 aliphatic heterocycles. The van der Waals surface area contributed by atoms with E-state index in [2.05, 4.69) is 36.8 Å². The van der Waals surface area contributed by atoms with Gasteiger partial charge in [0.1, 0.15) is 11.9 Å². The van der Waals surface area contributed by atoms with Crippen LogP contribution in [0.5, 0.6) is 0 Å². The van der Waals surface area contributed by atoms with Crippen LogP contribution in [-0.4, -0.2) is 71.9 Å². The first-order valence-corrected chi connectivity index (χ1v) is 13.2. The molecule has 180 valence electrons. The number of anilines is 2. The zero-order valence-corrected chi connectivity index (χ0v) is 21.1. The fraction of sp³-hybridized carbons (Fsp3) is 0.500. The second-order valence-electron chi connectivity index (χ2n) is 9.42. The molecule has 2 saturated heterocycles. The minimum absolute atomic E-state index is 0.0811.